The summed E-state index contributed by atoms with van der Waals surface area (Å²) in [6.07, 6.45) is 5.14. The smallest absolute Gasteiger partial charge is 0.138 e. The molecule has 0 radical (unpaired) electrons. The van der Waals surface area contributed by atoms with Crippen LogP contribution < -0.4 is 5.32 Å². The van der Waals surface area contributed by atoms with Crippen molar-refractivity contribution in [2.45, 2.75) is 45.8 Å². The van der Waals surface area contributed by atoms with Crippen LogP contribution in [0, 0.1) is 0 Å². The molecule has 1 aromatic heterocycles. The molecule has 1 aromatic rings. The van der Waals surface area contributed by atoms with Crippen molar-refractivity contribution >= 4 is 11.8 Å². The van der Waals surface area contributed by atoms with E-state index in [0.29, 0.717) is 0 Å². The molecule has 0 saturated heterocycles. The normalized spacial score (nSPS) is 10.9. The molecule has 0 amide bonds. The Morgan fingerprint density at radius 3 is 2.11 bits per heavy atom. The molecule has 0 bridgehead atoms. The molecule has 0 aliphatic rings. The third kappa shape index (κ3) is 4.25. The Hall–Kier alpha value is -0.610. The fourth-order valence-electron chi connectivity index (χ4n) is 2.10. The van der Waals surface area contributed by atoms with Crippen molar-refractivity contribution in [2.75, 3.05) is 19.3 Å². The lowest BCUT2D eigenvalue weighted by atomic mass is 10.0. The highest BCUT2D eigenvalue weighted by Crippen LogP contribution is 2.16. The minimum absolute atomic E-state index is 0.910. The van der Waals surface area contributed by atoms with Gasteiger partial charge in [-0.25, -0.2) is 9.97 Å². The first-order chi connectivity index (χ1) is 8.76. The first-order valence-electron chi connectivity index (χ1n) is 6.83. The van der Waals surface area contributed by atoms with Crippen LogP contribution in [-0.4, -0.2) is 29.3 Å². The molecule has 0 aromatic carbocycles. The van der Waals surface area contributed by atoms with Gasteiger partial charge in [0.25, 0.3) is 0 Å². The average Bonchev–Trinajstić information content (AvgIpc) is 2.40. The molecule has 0 unspecified atom stereocenters. The third-order valence-electron chi connectivity index (χ3n) is 2.97. The van der Waals surface area contributed by atoms with Crippen molar-refractivity contribution in [3.05, 3.63) is 22.8 Å². The number of nitrogens with one attached hydrogen (secondary N) is 1. The highest BCUT2D eigenvalue weighted by Gasteiger charge is 2.11. The Labute approximate surface area is 115 Å². The van der Waals surface area contributed by atoms with E-state index in [1.807, 2.05) is 0 Å². The summed E-state index contributed by atoms with van der Waals surface area (Å²) in [6, 6.07) is 0. The summed E-state index contributed by atoms with van der Waals surface area (Å²) in [4.78, 5) is 9.42. The van der Waals surface area contributed by atoms with Crippen molar-refractivity contribution in [1.29, 1.82) is 0 Å². The van der Waals surface area contributed by atoms with Crippen molar-refractivity contribution in [2.24, 2.45) is 0 Å². The summed E-state index contributed by atoms with van der Waals surface area (Å²) < 4.78 is 0. The second-order valence-corrected chi connectivity index (χ2v) is 5.12. The van der Waals surface area contributed by atoms with Crippen LogP contribution in [0.2, 0.25) is 0 Å². The summed E-state index contributed by atoms with van der Waals surface area (Å²) in [6.45, 7) is 8.54. The van der Waals surface area contributed by atoms with E-state index in [9.17, 15) is 0 Å². The van der Waals surface area contributed by atoms with Crippen LogP contribution in [0.3, 0.4) is 0 Å². The number of nitrogens with zero attached hydrogens (tertiary/aromatic N) is 2. The van der Waals surface area contributed by atoms with Gasteiger partial charge in [-0.15, -0.1) is 0 Å². The predicted octanol–water partition coefficient (Wildman–Crippen LogP) is 2.62. The predicted molar refractivity (Wildman–Crippen MR) is 80.3 cm³/mol. The fourth-order valence-corrected chi connectivity index (χ4v) is 2.48. The largest absolute Gasteiger partial charge is 0.317 e. The van der Waals surface area contributed by atoms with E-state index in [4.69, 9.17) is 9.97 Å². The molecule has 1 N–H and O–H groups in total. The lowest BCUT2D eigenvalue weighted by Crippen LogP contribution is -2.19. The molecule has 3 nitrogen and oxygen atoms in total. The summed E-state index contributed by atoms with van der Waals surface area (Å²) >= 11 is 1.78. The number of aryl methyl sites for hydroxylation is 2. The molecular formula is C14H25N3S. The maximum Gasteiger partial charge on any atom is 0.138 e. The maximum atomic E-state index is 4.71. The van der Waals surface area contributed by atoms with Gasteiger partial charge in [0.05, 0.1) is 5.75 Å². The molecule has 18 heavy (non-hydrogen) atoms. The van der Waals surface area contributed by atoms with E-state index in [2.05, 4.69) is 32.3 Å². The second kappa shape index (κ2) is 8.48. The molecule has 1 rings (SSSR count). The van der Waals surface area contributed by atoms with Crippen LogP contribution in [0.4, 0.5) is 0 Å². The lowest BCUT2D eigenvalue weighted by Gasteiger charge is -2.13. The molecule has 0 aliphatic heterocycles. The first kappa shape index (κ1) is 15.4. The van der Waals surface area contributed by atoms with Crippen LogP contribution in [0.1, 0.15) is 43.5 Å². The Morgan fingerprint density at radius 2 is 1.67 bits per heavy atom. The number of hydrogen-bond acceptors (Lipinski definition) is 4. The van der Waals surface area contributed by atoms with Gasteiger partial charge < -0.3 is 5.32 Å². The number of aromatic nitrogens is 2. The summed E-state index contributed by atoms with van der Waals surface area (Å²) in [5.74, 6) is 1.90. The minimum atomic E-state index is 0.910. The van der Waals surface area contributed by atoms with Crippen molar-refractivity contribution in [3.8, 4) is 0 Å². The monoisotopic (exact) mass is 267 g/mol. The zero-order valence-electron chi connectivity index (χ0n) is 12.0. The topological polar surface area (TPSA) is 37.8 Å². The lowest BCUT2D eigenvalue weighted by molar-refractivity contribution is 0.699. The van der Waals surface area contributed by atoms with Crippen LogP contribution in [0.25, 0.3) is 0 Å². The first-order valence-corrected chi connectivity index (χ1v) is 8.23. The number of thioether (sulfide) groups is 1. The van der Waals surface area contributed by atoms with E-state index in [1.165, 1.54) is 17.0 Å². The number of likely N-dealkylation sites (N-methyl/N-ethyl adjacent to an activating group) is 1. The van der Waals surface area contributed by atoms with Gasteiger partial charge in [0.15, 0.2) is 0 Å². The maximum absolute atomic E-state index is 4.71. The second-order valence-electron chi connectivity index (χ2n) is 4.26. The zero-order valence-corrected chi connectivity index (χ0v) is 12.9. The summed E-state index contributed by atoms with van der Waals surface area (Å²) in [5.41, 5.74) is 3.85. The molecule has 0 aliphatic carbocycles. The molecule has 4 heteroatoms. The van der Waals surface area contributed by atoms with Crippen LogP contribution in [-0.2, 0) is 25.0 Å². The average molecular weight is 267 g/mol. The van der Waals surface area contributed by atoms with E-state index in [0.717, 1.165) is 43.9 Å². The Kier molecular flexibility index (Phi) is 7.28. The molecule has 0 saturated carbocycles. The van der Waals surface area contributed by atoms with Gasteiger partial charge in [0, 0.05) is 11.4 Å². The van der Waals surface area contributed by atoms with Gasteiger partial charge in [0.1, 0.15) is 5.82 Å². The van der Waals surface area contributed by atoms with Gasteiger partial charge in [-0.05, 0) is 44.2 Å². The SMILES string of the molecule is CCNCCc1c(CC)nc(CSC)nc1CC. The highest BCUT2D eigenvalue weighted by molar-refractivity contribution is 7.97. The number of rotatable bonds is 8. The third-order valence-corrected chi connectivity index (χ3v) is 3.52. The van der Waals surface area contributed by atoms with Crippen molar-refractivity contribution < 1.29 is 0 Å². The van der Waals surface area contributed by atoms with Crippen molar-refractivity contribution in [1.82, 2.24) is 15.3 Å². The van der Waals surface area contributed by atoms with E-state index < -0.39 is 0 Å². The quantitative estimate of drug-likeness (QED) is 0.735. The van der Waals surface area contributed by atoms with E-state index in [-0.39, 0.29) is 0 Å². The van der Waals surface area contributed by atoms with Crippen LogP contribution in [0.5, 0.6) is 0 Å². The minimum Gasteiger partial charge on any atom is -0.317 e. The van der Waals surface area contributed by atoms with E-state index >= 15 is 0 Å². The molecule has 0 spiro atoms. The van der Waals surface area contributed by atoms with Gasteiger partial charge in [0.2, 0.25) is 0 Å². The molecule has 0 atom stereocenters. The standard InChI is InChI=1S/C14H25N3S/c1-5-12-11(8-9-15-7-3)13(6-2)17-14(16-12)10-18-4/h15H,5-10H2,1-4H3. The Bertz CT molecular complexity index is 341. The summed E-state index contributed by atoms with van der Waals surface area (Å²) in [7, 11) is 0. The van der Waals surface area contributed by atoms with Gasteiger partial charge in [-0.2, -0.15) is 11.8 Å². The number of hydrogen-bond donors (Lipinski definition) is 1. The fraction of sp³-hybridized carbons (Fsp3) is 0.714. The van der Waals surface area contributed by atoms with E-state index in [1.54, 1.807) is 11.8 Å². The zero-order chi connectivity index (χ0) is 13.4. The van der Waals surface area contributed by atoms with Gasteiger partial charge in [-0.3, -0.25) is 0 Å². The highest BCUT2D eigenvalue weighted by atomic mass is 32.2. The Morgan fingerprint density at radius 1 is 1.06 bits per heavy atom. The van der Waals surface area contributed by atoms with Crippen molar-refractivity contribution in [3.63, 3.8) is 0 Å². The summed E-state index contributed by atoms with van der Waals surface area (Å²) in [5, 5.41) is 3.38. The molecular weight excluding hydrogens is 242 g/mol. The van der Waals surface area contributed by atoms with Gasteiger partial charge in [-0.1, -0.05) is 20.8 Å². The van der Waals surface area contributed by atoms with Crippen LogP contribution in [0.15, 0.2) is 0 Å². The molecule has 1 heterocycles. The van der Waals surface area contributed by atoms with Crippen LogP contribution >= 0.6 is 11.8 Å². The Balaban J connectivity index is 2.97. The molecule has 102 valence electrons. The molecule has 0 fully saturated rings. The van der Waals surface area contributed by atoms with Gasteiger partial charge >= 0.3 is 0 Å².